The molecule has 9 heteroatoms. The van der Waals surface area contributed by atoms with Crippen LogP contribution >= 0.6 is 0 Å². The van der Waals surface area contributed by atoms with Crippen LogP contribution < -0.4 is 19.8 Å². The van der Waals surface area contributed by atoms with Gasteiger partial charge in [-0.3, -0.25) is 4.79 Å². The molecule has 2 heterocycles. The minimum Gasteiger partial charge on any atom is -0.497 e. The smallest absolute Gasteiger partial charge is 0.279 e. The molecule has 0 fully saturated rings. The van der Waals surface area contributed by atoms with E-state index < -0.39 is 0 Å². The van der Waals surface area contributed by atoms with Gasteiger partial charge in [-0.15, -0.1) is 0 Å². The predicted octanol–water partition coefficient (Wildman–Crippen LogP) is 4.52. The molecule has 0 aliphatic carbocycles. The Kier molecular flexibility index (Phi) is 5.88. The van der Waals surface area contributed by atoms with Gasteiger partial charge in [0.15, 0.2) is 17.2 Å². The summed E-state index contributed by atoms with van der Waals surface area (Å²) >= 11 is 0. The molecule has 0 spiro atoms. The van der Waals surface area contributed by atoms with Gasteiger partial charge in [0.1, 0.15) is 5.75 Å². The van der Waals surface area contributed by atoms with Crippen molar-refractivity contribution in [1.82, 2.24) is 19.9 Å². The summed E-state index contributed by atoms with van der Waals surface area (Å²) in [6.07, 6.45) is 0. The lowest BCUT2D eigenvalue weighted by Crippen LogP contribution is -2.22. The number of fused-ring (bicyclic) bond motifs is 1. The van der Waals surface area contributed by atoms with Gasteiger partial charge in [-0.1, -0.05) is 23.4 Å². The largest absolute Gasteiger partial charge is 0.497 e. The topological polar surface area (TPSA) is 102 Å². The van der Waals surface area contributed by atoms with E-state index in [1.807, 2.05) is 19.1 Å². The van der Waals surface area contributed by atoms with Crippen LogP contribution in [0.3, 0.4) is 0 Å². The zero-order valence-electron chi connectivity index (χ0n) is 19.4. The maximum Gasteiger partial charge on any atom is 0.279 e. The van der Waals surface area contributed by atoms with Crippen molar-refractivity contribution in [3.05, 3.63) is 77.1 Å². The van der Waals surface area contributed by atoms with Crippen LogP contribution in [0.5, 0.6) is 17.2 Å². The molecule has 0 atom stereocenters. The second-order valence-electron chi connectivity index (χ2n) is 7.53. The van der Waals surface area contributed by atoms with E-state index in [2.05, 4.69) is 15.2 Å². The summed E-state index contributed by atoms with van der Waals surface area (Å²) in [5, 5.41) is 9.83. The summed E-state index contributed by atoms with van der Waals surface area (Å²) in [7, 11) is 3.16. The van der Waals surface area contributed by atoms with Gasteiger partial charge in [-0.25, -0.2) is 0 Å². The van der Waals surface area contributed by atoms with E-state index in [1.165, 1.54) is 4.68 Å². The van der Waals surface area contributed by atoms with Crippen LogP contribution in [-0.4, -0.2) is 40.7 Å². The highest BCUT2D eigenvalue weighted by Gasteiger charge is 2.20. The van der Waals surface area contributed by atoms with Crippen molar-refractivity contribution < 1.29 is 18.7 Å². The number of ether oxygens (including phenoxy) is 3. The fraction of sp³-hybridized carbons (Fsp3) is 0.154. The number of hydrogen-bond acceptors (Lipinski definition) is 8. The van der Waals surface area contributed by atoms with Crippen LogP contribution in [0.4, 0.5) is 0 Å². The number of aromatic nitrogens is 4. The monoisotopic (exact) mass is 470 g/mol. The Bertz CT molecular complexity index is 1560. The van der Waals surface area contributed by atoms with Crippen LogP contribution in [0.1, 0.15) is 6.92 Å². The minimum atomic E-state index is -0.259. The summed E-state index contributed by atoms with van der Waals surface area (Å²) in [4.78, 5) is 17.8. The van der Waals surface area contributed by atoms with Crippen molar-refractivity contribution in [3.8, 4) is 45.9 Å². The Hall–Kier alpha value is -4.66. The zero-order chi connectivity index (χ0) is 24.4. The lowest BCUT2D eigenvalue weighted by Gasteiger charge is -2.10. The van der Waals surface area contributed by atoms with E-state index in [9.17, 15) is 4.79 Å². The fourth-order valence-electron chi connectivity index (χ4n) is 3.76. The van der Waals surface area contributed by atoms with Crippen molar-refractivity contribution in [2.75, 3.05) is 20.8 Å². The highest BCUT2D eigenvalue weighted by Crippen LogP contribution is 2.33. The molecule has 0 radical (unpaired) electrons. The van der Waals surface area contributed by atoms with E-state index in [1.54, 1.807) is 68.8 Å². The Morgan fingerprint density at radius 3 is 2.40 bits per heavy atom. The first-order chi connectivity index (χ1) is 17.1. The standard InChI is InChI=1S/C26H22N4O5/c1-4-34-21-14-9-16(15-22(21)33-3)24-27-25(35-29-24)23-19-7-5-6-8-20(19)26(31)30(28-23)17-10-12-18(32-2)13-11-17/h5-15H,4H2,1-3H3. The molecule has 0 saturated heterocycles. The lowest BCUT2D eigenvalue weighted by molar-refractivity contribution is 0.311. The number of hydrogen-bond donors (Lipinski definition) is 0. The van der Waals surface area contributed by atoms with E-state index in [-0.39, 0.29) is 11.4 Å². The van der Waals surface area contributed by atoms with Crippen molar-refractivity contribution in [1.29, 1.82) is 0 Å². The van der Waals surface area contributed by atoms with Gasteiger partial charge >= 0.3 is 0 Å². The quantitative estimate of drug-likeness (QED) is 0.342. The molecule has 0 N–H and O–H groups in total. The van der Waals surface area contributed by atoms with Crippen LogP contribution in [0, 0.1) is 0 Å². The maximum absolute atomic E-state index is 13.2. The first kappa shape index (κ1) is 22.1. The maximum atomic E-state index is 13.2. The van der Waals surface area contributed by atoms with Crippen molar-refractivity contribution in [3.63, 3.8) is 0 Å². The van der Waals surface area contributed by atoms with Gasteiger partial charge in [0, 0.05) is 10.9 Å². The molecule has 3 aromatic carbocycles. The molecule has 0 amide bonds. The zero-order valence-corrected chi connectivity index (χ0v) is 19.4. The number of rotatable bonds is 7. The molecular formula is C26H22N4O5. The van der Waals surface area contributed by atoms with E-state index in [4.69, 9.17) is 18.7 Å². The molecule has 5 aromatic rings. The predicted molar refractivity (Wildman–Crippen MR) is 130 cm³/mol. The third-order valence-corrected chi connectivity index (χ3v) is 5.47. The third kappa shape index (κ3) is 4.08. The Morgan fingerprint density at radius 1 is 0.914 bits per heavy atom. The summed E-state index contributed by atoms with van der Waals surface area (Å²) in [5.74, 6) is 2.41. The molecule has 0 aliphatic rings. The molecule has 0 saturated carbocycles. The molecule has 0 bridgehead atoms. The summed E-state index contributed by atoms with van der Waals surface area (Å²) in [6.45, 7) is 2.42. The van der Waals surface area contributed by atoms with Crippen LogP contribution in [0.15, 0.2) is 76.0 Å². The summed E-state index contributed by atoms with van der Waals surface area (Å²) in [6, 6.07) is 19.6. The highest BCUT2D eigenvalue weighted by atomic mass is 16.5. The van der Waals surface area contributed by atoms with Crippen molar-refractivity contribution in [2.45, 2.75) is 6.92 Å². The lowest BCUT2D eigenvalue weighted by atomic mass is 10.1. The summed E-state index contributed by atoms with van der Waals surface area (Å²) in [5.41, 5.74) is 1.41. The Morgan fingerprint density at radius 2 is 1.69 bits per heavy atom. The van der Waals surface area contributed by atoms with Crippen molar-refractivity contribution in [2.24, 2.45) is 0 Å². The number of benzene rings is 3. The van der Waals surface area contributed by atoms with Gasteiger partial charge < -0.3 is 18.7 Å². The highest BCUT2D eigenvalue weighted by molar-refractivity contribution is 5.92. The molecule has 176 valence electrons. The van der Waals surface area contributed by atoms with Crippen LogP contribution in [0.2, 0.25) is 0 Å². The first-order valence-electron chi connectivity index (χ1n) is 10.9. The summed E-state index contributed by atoms with van der Waals surface area (Å²) < 4.78 is 23.2. The van der Waals surface area contributed by atoms with Crippen LogP contribution in [-0.2, 0) is 0 Å². The second kappa shape index (κ2) is 9.30. The van der Waals surface area contributed by atoms with Gasteiger partial charge in [0.2, 0.25) is 5.82 Å². The van der Waals surface area contributed by atoms with Crippen LogP contribution in [0.25, 0.3) is 39.4 Å². The van der Waals surface area contributed by atoms with E-state index in [0.29, 0.717) is 57.4 Å². The molecule has 2 aromatic heterocycles. The van der Waals surface area contributed by atoms with Crippen molar-refractivity contribution >= 4 is 10.8 Å². The number of nitrogens with zero attached hydrogens (tertiary/aromatic N) is 4. The van der Waals surface area contributed by atoms with Gasteiger partial charge in [0.25, 0.3) is 11.4 Å². The SMILES string of the molecule is CCOc1ccc(-c2noc(-c3nn(-c4ccc(OC)cc4)c(=O)c4ccccc34)n2)cc1OC. The Balaban J connectivity index is 1.63. The third-order valence-electron chi connectivity index (χ3n) is 5.47. The van der Waals surface area contributed by atoms with E-state index >= 15 is 0 Å². The molecule has 0 unspecified atom stereocenters. The van der Waals surface area contributed by atoms with Gasteiger partial charge in [0.05, 0.1) is 31.9 Å². The average Bonchev–Trinajstić information content (AvgIpc) is 3.40. The molecule has 9 nitrogen and oxygen atoms in total. The fourth-order valence-corrected chi connectivity index (χ4v) is 3.76. The molecular weight excluding hydrogens is 448 g/mol. The molecule has 0 aliphatic heterocycles. The van der Waals surface area contributed by atoms with Gasteiger partial charge in [-0.05, 0) is 55.5 Å². The average molecular weight is 470 g/mol. The molecule has 35 heavy (non-hydrogen) atoms. The second-order valence-corrected chi connectivity index (χ2v) is 7.53. The normalized spacial score (nSPS) is 10.9. The number of methoxy groups -OCH3 is 2. The van der Waals surface area contributed by atoms with E-state index in [0.717, 1.165) is 0 Å². The first-order valence-corrected chi connectivity index (χ1v) is 10.9. The van der Waals surface area contributed by atoms with Gasteiger partial charge in [-0.2, -0.15) is 14.8 Å². The molecule has 5 rings (SSSR count). The minimum absolute atomic E-state index is 0.186. The Labute approximate surface area is 200 Å².